The quantitative estimate of drug-likeness (QED) is 0.470. The topological polar surface area (TPSA) is 137 Å². The van der Waals surface area contributed by atoms with Crippen LogP contribution in [0.15, 0.2) is 40.6 Å². The lowest BCUT2D eigenvalue weighted by Gasteiger charge is -2.43. The van der Waals surface area contributed by atoms with Gasteiger partial charge in [-0.15, -0.1) is 11.3 Å². The third-order valence-electron chi connectivity index (χ3n) is 5.75. The lowest BCUT2D eigenvalue weighted by atomic mass is 9.78. The Kier molecular flexibility index (Phi) is 6.80. The lowest BCUT2D eigenvalue weighted by molar-refractivity contribution is -0.125. The molecule has 1 aromatic carbocycles. The summed E-state index contributed by atoms with van der Waals surface area (Å²) >= 11 is 6.55. The van der Waals surface area contributed by atoms with E-state index in [4.69, 9.17) is 11.6 Å². The number of nitrogens with zero attached hydrogens (tertiary/aromatic N) is 1. The summed E-state index contributed by atoms with van der Waals surface area (Å²) in [6, 6.07) is 5.72. The number of fused-ring (bicyclic) bond motifs is 1. The van der Waals surface area contributed by atoms with E-state index in [1.807, 2.05) is 4.72 Å². The number of carbonyl (C=O) groups is 3. The molecule has 4 unspecified atom stereocenters. The summed E-state index contributed by atoms with van der Waals surface area (Å²) < 4.78 is 40.7. The Bertz CT molecular complexity index is 1220. The van der Waals surface area contributed by atoms with Crippen LogP contribution in [0.2, 0.25) is 4.34 Å². The molecule has 0 spiro atoms. The number of alkyl halides is 1. The van der Waals surface area contributed by atoms with Gasteiger partial charge in [0.15, 0.2) is 0 Å². The Morgan fingerprint density at radius 3 is 2.50 bits per heavy atom. The first-order valence-electron chi connectivity index (χ1n) is 10.2. The molecule has 10 nitrogen and oxygen atoms in total. The van der Waals surface area contributed by atoms with Gasteiger partial charge in [-0.3, -0.25) is 4.79 Å². The van der Waals surface area contributed by atoms with Gasteiger partial charge < -0.3 is 16.0 Å². The number of nitrogens with one attached hydrogen (secondary N) is 4. The highest BCUT2D eigenvalue weighted by Gasteiger charge is 2.47. The van der Waals surface area contributed by atoms with Crippen molar-refractivity contribution < 1.29 is 27.2 Å². The number of hydrogen-bond acceptors (Lipinski definition) is 7. The Labute approximate surface area is 203 Å². The van der Waals surface area contributed by atoms with E-state index in [2.05, 4.69) is 16.0 Å². The summed E-state index contributed by atoms with van der Waals surface area (Å²) in [5, 5.41) is 7.96. The smallest absolute Gasteiger partial charge is 0.333 e. The first-order valence-corrected chi connectivity index (χ1v) is 12.9. The summed E-state index contributed by atoms with van der Waals surface area (Å²) in [4.78, 5) is 38.8. The Hall–Kier alpha value is -2.74. The van der Waals surface area contributed by atoms with Crippen molar-refractivity contribution >= 4 is 62.3 Å². The Morgan fingerprint density at radius 2 is 1.88 bits per heavy atom. The Morgan fingerprint density at radius 1 is 1.18 bits per heavy atom. The van der Waals surface area contributed by atoms with Crippen LogP contribution in [0.25, 0.3) is 0 Å². The summed E-state index contributed by atoms with van der Waals surface area (Å²) in [7, 11) is -2.46. The molecule has 5 amide bonds. The number of thiophene rings is 1. The van der Waals surface area contributed by atoms with Gasteiger partial charge in [0, 0.05) is 24.2 Å². The van der Waals surface area contributed by atoms with E-state index in [1.54, 1.807) is 7.05 Å². The fraction of sp³-hybridized carbons (Fsp3) is 0.350. The number of anilines is 2. The van der Waals surface area contributed by atoms with Crippen molar-refractivity contribution in [2.45, 2.75) is 35.3 Å². The number of halogens is 2. The molecule has 1 saturated carbocycles. The largest absolute Gasteiger partial charge is 0.334 e. The monoisotopic (exact) mass is 529 g/mol. The molecule has 4 N–H and O–H groups in total. The highest BCUT2D eigenvalue weighted by atomic mass is 35.5. The summed E-state index contributed by atoms with van der Waals surface area (Å²) in [6.45, 7) is 0. The van der Waals surface area contributed by atoms with Gasteiger partial charge in [-0.25, -0.2) is 32.0 Å². The van der Waals surface area contributed by atoms with Crippen LogP contribution in [-0.4, -0.2) is 51.7 Å². The molecule has 182 valence electrons. The SMILES string of the molecule is CNC1CC2C(=O)N(c3ccc(NC(=O)NS(=O)(=O)c4ccc(Cl)s4)cc3)C(=O)NC2CC1F. The van der Waals surface area contributed by atoms with Crippen molar-refractivity contribution in [3.63, 3.8) is 0 Å². The van der Waals surface area contributed by atoms with Crippen molar-refractivity contribution in [1.82, 2.24) is 15.4 Å². The number of sulfonamides is 1. The second-order valence-corrected chi connectivity index (χ2v) is 11.5. The molecule has 14 heteroatoms. The average Bonchev–Trinajstić information content (AvgIpc) is 3.21. The second-order valence-electron chi connectivity index (χ2n) is 7.88. The van der Waals surface area contributed by atoms with Gasteiger partial charge in [0.1, 0.15) is 10.4 Å². The number of benzene rings is 1. The van der Waals surface area contributed by atoms with Gasteiger partial charge in [-0.05, 0) is 49.9 Å². The zero-order chi connectivity index (χ0) is 24.6. The third-order valence-corrected chi connectivity index (χ3v) is 8.81. The minimum Gasteiger partial charge on any atom is -0.334 e. The van der Waals surface area contributed by atoms with Crippen molar-refractivity contribution in [3.8, 4) is 0 Å². The summed E-state index contributed by atoms with van der Waals surface area (Å²) in [5.41, 5.74) is 0.493. The van der Waals surface area contributed by atoms with E-state index in [-0.39, 0.29) is 32.8 Å². The molecular weight excluding hydrogens is 509 g/mol. The van der Waals surface area contributed by atoms with E-state index < -0.39 is 52.2 Å². The number of urea groups is 2. The number of rotatable bonds is 5. The first-order chi connectivity index (χ1) is 16.1. The number of hydrogen-bond donors (Lipinski definition) is 4. The molecule has 1 aliphatic carbocycles. The van der Waals surface area contributed by atoms with E-state index in [0.717, 1.165) is 16.2 Å². The van der Waals surface area contributed by atoms with Crippen LogP contribution in [0.3, 0.4) is 0 Å². The first kappa shape index (κ1) is 24.4. The van der Waals surface area contributed by atoms with E-state index in [1.165, 1.54) is 36.4 Å². The zero-order valence-electron chi connectivity index (χ0n) is 17.7. The molecule has 1 aromatic heterocycles. The van der Waals surface area contributed by atoms with Crippen molar-refractivity contribution in [3.05, 3.63) is 40.7 Å². The third kappa shape index (κ3) is 4.87. The van der Waals surface area contributed by atoms with Crippen molar-refractivity contribution in [2.24, 2.45) is 5.92 Å². The maximum absolute atomic E-state index is 14.2. The van der Waals surface area contributed by atoms with E-state index >= 15 is 0 Å². The fourth-order valence-corrected chi connectivity index (χ4v) is 6.48. The molecule has 4 atom stereocenters. The summed E-state index contributed by atoms with van der Waals surface area (Å²) in [5.74, 6) is -0.998. The van der Waals surface area contributed by atoms with Crippen LogP contribution in [0.5, 0.6) is 0 Å². The van der Waals surface area contributed by atoms with Crippen LogP contribution in [-0.2, 0) is 14.8 Å². The van der Waals surface area contributed by atoms with Gasteiger partial charge in [-0.1, -0.05) is 11.6 Å². The minimum absolute atomic E-state index is 0.0556. The van der Waals surface area contributed by atoms with Crippen LogP contribution in [0.4, 0.5) is 25.4 Å². The van der Waals surface area contributed by atoms with E-state index in [9.17, 15) is 27.2 Å². The molecule has 0 bridgehead atoms. The molecule has 2 aliphatic rings. The maximum Gasteiger partial charge on any atom is 0.333 e. The second kappa shape index (κ2) is 9.49. The van der Waals surface area contributed by atoms with Crippen LogP contribution in [0, 0.1) is 5.92 Å². The average molecular weight is 530 g/mol. The molecule has 2 heterocycles. The van der Waals surface area contributed by atoms with Gasteiger partial charge in [0.05, 0.1) is 15.9 Å². The highest BCUT2D eigenvalue weighted by molar-refractivity contribution is 7.92. The Balaban J connectivity index is 1.43. The van der Waals surface area contributed by atoms with Gasteiger partial charge >= 0.3 is 12.1 Å². The van der Waals surface area contributed by atoms with Gasteiger partial charge in [0.25, 0.3) is 10.0 Å². The predicted octanol–water partition coefficient (Wildman–Crippen LogP) is 2.67. The van der Waals surface area contributed by atoms with Crippen LogP contribution in [0.1, 0.15) is 12.8 Å². The molecular formula is C20H21ClFN5O5S2. The number of imide groups is 1. The van der Waals surface area contributed by atoms with E-state index in [0.29, 0.717) is 0 Å². The normalized spacial score (nSPS) is 24.9. The molecule has 4 rings (SSSR count). The van der Waals surface area contributed by atoms with Crippen molar-refractivity contribution in [2.75, 3.05) is 17.3 Å². The van der Waals surface area contributed by atoms with Gasteiger partial charge in [0.2, 0.25) is 5.91 Å². The van der Waals surface area contributed by atoms with Crippen LogP contribution < -0.4 is 25.6 Å². The molecule has 2 aromatic rings. The molecule has 34 heavy (non-hydrogen) atoms. The van der Waals surface area contributed by atoms with Crippen molar-refractivity contribution in [1.29, 1.82) is 0 Å². The lowest BCUT2D eigenvalue weighted by Crippen LogP contribution is -2.64. The fourth-order valence-electron chi connectivity index (χ4n) is 4.09. The number of carbonyl (C=O) groups excluding carboxylic acids is 3. The highest BCUT2D eigenvalue weighted by Crippen LogP contribution is 2.33. The predicted molar refractivity (Wildman–Crippen MR) is 125 cm³/mol. The van der Waals surface area contributed by atoms with Crippen LogP contribution >= 0.6 is 22.9 Å². The number of amides is 5. The standard InChI is InChI=1S/C20H21ClFN5O5S2/c1-23-15-8-12-14(9-13(15)22)25-20(30)27(18(12)28)11-4-2-10(3-5-11)24-19(29)26-34(31,32)17-7-6-16(21)33-17/h2-7,12-15,23H,8-9H2,1H3,(H,25,30)(H2,24,26,29). The minimum atomic E-state index is -4.09. The molecule has 2 fully saturated rings. The molecule has 0 radical (unpaired) electrons. The zero-order valence-corrected chi connectivity index (χ0v) is 20.1. The maximum atomic E-state index is 14.2. The molecule has 1 aliphatic heterocycles. The molecule has 1 saturated heterocycles. The van der Waals surface area contributed by atoms with Gasteiger partial charge in [-0.2, -0.15) is 0 Å². The summed E-state index contributed by atoms with van der Waals surface area (Å²) in [6.07, 6.45) is -0.857.